The number of rotatable bonds is 8. The van der Waals surface area contributed by atoms with Crippen LogP contribution in [0.3, 0.4) is 0 Å². The summed E-state index contributed by atoms with van der Waals surface area (Å²) < 4.78 is 32.4. The van der Waals surface area contributed by atoms with Crippen molar-refractivity contribution in [3.05, 3.63) is 41.1 Å². The molecule has 0 atom stereocenters. The zero-order valence-corrected chi connectivity index (χ0v) is 16.4. The molecule has 9 heteroatoms. The maximum Gasteiger partial charge on any atom is 0.243 e. The molecule has 1 heterocycles. The lowest BCUT2D eigenvalue weighted by molar-refractivity contribution is -0.116. The van der Waals surface area contributed by atoms with Gasteiger partial charge in [0.05, 0.1) is 11.4 Å². The van der Waals surface area contributed by atoms with E-state index in [0.29, 0.717) is 12.3 Å². The van der Waals surface area contributed by atoms with Crippen LogP contribution in [0.5, 0.6) is 0 Å². The first kappa shape index (κ1) is 19.6. The van der Waals surface area contributed by atoms with Gasteiger partial charge in [-0.2, -0.15) is 4.31 Å². The molecule has 0 saturated carbocycles. The number of halogens is 1. The minimum atomic E-state index is -3.78. The molecule has 1 aromatic heterocycles. The van der Waals surface area contributed by atoms with Gasteiger partial charge in [-0.1, -0.05) is 34.9 Å². The van der Waals surface area contributed by atoms with Crippen LogP contribution < -0.4 is 5.32 Å². The standard InChI is InChI=1S/C16H20BrN3O4S/c1-12(2)7-9-20(11-16(21)18-15-8-10-24-19-15)25(22,23)14-5-3-13(17)4-6-14/h3-6,8,10,12H,7,9,11H2,1-2H3,(H,18,19,21). The first-order valence-corrected chi connectivity index (χ1v) is 9.98. The van der Waals surface area contributed by atoms with E-state index in [1.807, 2.05) is 13.8 Å². The second-order valence-corrected chi connectivity index (χ2v) is 8.76. The Morgan fingerprint density at radius 1 is 1.28 bits per heavy atom. The Morgan fingerprint density at radius 2 is 1.96 bits per heavy atom. The van der Waals surface area contributed by atoms with Crippen LogP contribution in [0.4, 0.5) is 5.82 Å². The van der Waals surface area contributed by atoms with E-state index in [-0.39, 0.29) is 23.8 Å². The summed E-state index contributed by atoms with van der Waals surface area (Å²) in [5, 5.41) is 6.10. The number of sulfonamides is 1. The molecule has 0 spiro atoms. The zero-order chi connectivity index (χ0) is 18.4. The number of carbonyl (C=O) groups is 1. The molecule has 0 aliphatic carbocycles. The van der Waals surface area contributed by atoms with Crippen molar-refractivity contribution in [1.29, 1.82) is 0 Å². The molecular formula is C16H20BrN3O4S. The largest absolute Gasteiger partial charge is 0.363 e. The van der Waals surface area contributed by atoms with Crippen molar-refractivity contribution in [3.63, 3.8) is 0 Å². The first-order valence-electron chi connectivity index (χ1n) is 7.75. The normalized spacial score (nSPS) is 11.9. The predicted molar refractivity (Wildman–Crippen MR) is 97.5 cm³/mol. The average molecular weight is 430 g/mol. The first-order chi connectivity index (χ1) is 11.8. The maximum atomic E-state index is 12.9. The second-order valence-electron chi connectivity index (χ2n) is 5.91. The van der Waals surface area contributed by atoms with Crippen molar-refractivity contribution in [2.24, 2.45) is 5.92 Å². The molecule has 1 amide bonds. The highest BCUT2D eigenvalue weighted by molar-refractivity contribution is 9.10. The summed E-state index contributed by atoms with van der Waals surface area (Å²) in [6, 6.07) is 7.82. The molecule has 0 radical (unpaired) electrons. The smallest absolute Gasteiger partial charge is 0.243 e. The Hall–Kier alpha value is -1.71. The Balaban J connectivity index is 2.18. The highest BCUT2D eigenvalue weighted by Gasteiger charge is 2.26. The third kappa shape index (κ3) is 5.65. The minimum absolute atomic E-state index is 0.147. The van der Waals surface area contributed by atoms with Crippen molar-refractivity contribution < 1.29 is 17.7 Å². The molecule has 1 aromatic carbocycles. The topological polar surface area (TPSA) is 92.5 Å². The predicted octanol–water partition coefficient (Wildman–Crippen LogP) is 3.11. The Kier molecular flexibility index (Phi) is 6.74. The van der Waals surface area contributed by atoms with Crippen molar-refractivity contribution >= 4 is 37.7 Å². The van der Waals surface area contributed by atoms with Gasteiger partial charge in [-0.25, -0.2) is 8.42 Å². The van der Waals surface area contributed by atoms with Crippen molar-refractivity contribution in [2.45, 2.75) is 25.2 Å². The van der Waals surface area contributed by atoms with E-state index in [4.69, 9.17) is 0 Å². The van der Waals surface area contributed by atoms with Gasteiger partial charge in [0.15, 0.2) is 5.82 Å². The van der Waals surface area contributed by atoms with Gasteiger partial charge in [0.1, 0.15) is 6.26 Å². The number of hydrogen-bond donors (Lipinski definition) is 1. The van der Waals surface area contributed by atoms with Crippen LogP contribution in [-0.2, 0) is 14.8 Å². The Bertz CT molecular complexity index is 789. The van der Waals surface area contributed by atoms with Crippen LogP contribution >= 0.6 is 15.9 Å². The molecule has 0 fully saturated rings. The number of amides is 1. The lowest BCUT2D eigenvalue weighted by atomic mass is 10.1. The molecule has 0 bridgehead atoms. The summed E-state index contributed by atoms with van der Waals surface area (Å²) in [6.45, 7) is 3.96. The summed E-state index contributed by atoms with van der Waals surface area (Å²) in [6.07, 6.45) is 1.97. The molecule has 2 aromatic rings. The molecule has 2 rings (SSSR count). The molecule has 136 valence electrons. The fraction of sp³-hybridized carbons (Fsp3) is 0.375. The summed E-state index contributed by atoms with van der Waals surface area (Å²) in [4.78, 5) is 12.3. The fourth-order valence-electron chi connectivity index (χ4n) is 2.06. The van der Waals surface area contributed by atoms with Crippen LogP contribution in [-0.4, -0.2) is 36.9 Å². The summed E-state index contributed by atoms with van der Waals surface area (Å²) in [7, 11) is -3.78. The highest BCUT2D eigenvalue weighted by Crippen LogP contribution is 2.20. The van der Waals surface area contributed by atoms with E-state index in [1.54, 1.807) is 12.1 Å². The molecule has 7 nitrogen and oxygen atoms in total. The van der Waals surface area contributed by atoms with E-state index >= 15 is 0 Å². The number of aromatic nitrogens is 1. The van der Waals surface area contributed by atoms with Crippen LogP contribution in [0.15, 0.2) is 50.5 Å². The molecule has 1 N–H and O–H groups in total. The monoisotopic (exact) mass is 429 g/mol. The van der Waals surface area contributed by atoms with Crippen LogP contribution in [0.25, 0.3) is 0 Å². The maximum absolute atomic E-state index is 12.9. The zero-order valence-electron chi connectivity index (χ0n) is 14.0. The molecular weight excluding hydrogens is 410 g/mol. The number of nitrogens with zero attached hydrogens (tertiary/aromatic N) is 2. The van der Waals surface area contributed by atoms with Crippen LogP contribution in [0.1, 0.15) is 20.3 Å². The van der Waals surface area contributed by atoms with Crippen LogP contribution in [0.2, 0.25) is 0 Å². The summed E-state index contributed by atoms with van der Waals surface area (Å²) in [5.74, 6) is 0.0782. The summed E-state index contributed by atoms with van der Waals surface area (Å²) in [5.41, 5.74) is 0. The molecule has 0 aliphatic heterocycles. The van der Waals surface area contributed by atoms with E-state index in [9.17, 15) is 13.2 Å². The number of nitrogens with one attached hydrogen (secondary N) is 1. The second kappa shape index (κ2) is 8.59. The third-order valence-electron chi connectivity index (χ3n) is 3.43. The molecule has 0 unspecified atom stereocenters. The Labute approximate surface area is 155 Å². The SMILES string of the molecule is CC(C)CCN(CC(=O)Nc1ccon1)S(=O)(=O)c1ccc(Br)cc1. The van der Waals surface area contributed by atoms with Gasteiger partial charge in [-0.05, 0) is 36.6 Å². The molecule has 0 aliphatic rings. The van der Waals surface area contributed by atoms with Gasteiger partial charge < -0.3 is 9.84 Å². The number of anilines is 1. The lowest BCUT2D eigenvalue weighted by Crippen LogP contribution is -2.39. The van der Waals surface area contributed by atoms with E-state index < -0.39 is 15.9 Å². The van der Waals surface area contributed by atoms with E-state index in [2.05, 4.69) is 30.9 Å². The van der Waals surface area contributed by atoms with Gasteiger partial charge in [0.2, 0.25) is 15.9 Å². The number of carbonyl (C=O) groups excluding carboxylic acids is 1. The number of benzene rings is 1. The third-order valence-corrected chi connectivity index (χ3v) is 5.82. The van der Waals surface area contributed by atoms with Gasteiger partial charge in [-0.15, -0.1) is 0 Å². The van der Waals surface area contributed by atoms with Gasteiger partial charge in [0, 0.05) is 17.1 Å². The fourth-order valence-corrected chi connectivity index (χ4v) is 3.74. The molecule has 25 heavy (non-hydrogen) atoms. The van der Waals surface area contributed by atoms with Gasteiger partial charge in [-0.3, -0.25) is 4.79 Å². The lowest BCUT2D eigenvalue weighted by Gasteiger charge is -2.22. The van der Waals surface area contributed by atoms with Gasteiger partial charge >= 0.3 is 0 Å². The van der Waals surface area contributed by atoms with E-state index in [1.165, 1.54) is 28.8 Å². The Morgan fingerprint density at radius 3 is 2.52 bits per heavy atom. The van der Waals surface area contributed by atoms with Crippen molar-refractivity contribution in [3.8, 4) is 0 Å². The van der Waals surface area contributed by atoms with Gasteiger partial charge in [0.25, 0.3) is 0 Å². The van der Waals surface area contributed by atoms with Crippen molar-refractivity contribution in [2.75, 3.05) is 18.4 Å². The van der Waals surface area contributed by atoms with E-state index in [0.717, 1.165) is 4.47 Å². The number of hydrogen-bond acceptors (Lipinski definition) is 5. The molecule has 0 saturated heterocycles. The quantitative estimate of drug-likeness (QED) is 0.695. The average Bonchev–Trinajstić information content (AvgIpc) is 3.04. The summed E-state index contributed by atoms with van der Waals surface area (Å²) >= 11 is 3.28. The minimum Gasteiger partial charge on any atom is -0.363 e. The highest BCUT2D eigenvalue weighted by atomic mass is 79.9. The van der Waals surface area contributed by atoms with Crippen LogP contribution in [0, 0.1) is 5.92 Å². The van der Waals surface area contributed by atoms with Crippen molar-refractivity contribution in [1.82, 2.24) is 9.46 Å².